The molecule has 0 bridgehead atoms. The molecule has 2 atom stereocenters. The van der Waals surface area contributed by atoms with Crippen LogP contribution in [0.5, 0.6) is 11.5 Å². The minimum absolute atomic E-state index is 0.138. The van der Waals surface area contributed by atoms with E-state index in [1.54, 1.807) is 0 Å². The Labute approximate surface area is 151 Å². The summed E-state index contributed by atoms with van der Waals surface area (Å²) in [6.07, 6.45) is 0.277. The van der Waals surface area contributed by atoms with E-state index in [2.05, 4.69) is 0 Å². The van der Waals surface area contributed by atoms with Gasteiger partial charge in [0, 0.05) is 18.2 Å². The van der Waals surface area contributed by atoms with Gasteiger partial charge >= 0.3 is 0 Å². The molecule has 5 rings (SSSR count). The second-order valence-corrected chi connectivity index (χ2v) is 9.00. The van der Waals surface area contributed by atoms with Crippen LogP contribution in [0.3, 0.4) is 0 Å². The van der Waals surface area contributed by atoms with Gasteiger partial charge in [0.15, 0.2) is 0 Å². The second-order valence-electron chi connectivity index (χ2n) is 6.57. The van der Waals surface area contributed by atoms with Crippen molar-refractivity contribution in [3.63, 3.8) is 0 Å². The summed E-state index contributed by atoms with van der Waals surface area (Å²) < 4.78 is 41.6. The van der Waals surface area contributed by atoms with Crippen LogP contribution in [-0.4, -0.2) is 45.7 Å². The Morgan fingerprint density at radius 3 is 1.77 bits per heavy atom. The first kappa shape index (κ1) is 16.3. The normalized spacial score (nSPS) is 27.6. The summed E-state index contributed by atoms with van der Waals surface area (Å²) >= 11 is 0. The molecule has 2 fully saturated rings. The molecule has 2 saturated heterocycles. The molecule has 2 aromatic carbocycles. The summed E-state index contributed by atoms with van der Waals surface area (Å²) in [5, 5.41) is 1.31. The summed E-state index contributed by atoms with van der Waals surface area (Å²) in [5.41, 5.74) is 1.58. The van der Waals surface area contributed by atoms with E-state index >= 15 is 0 Å². The Bertz CT molecular complexity index is 833. The van der Waals surface area contributed by atoms with Crippen LogP contribution in [0, 0.1) is 0 Å². The van der Waals surface area contributed by atoms with Crippen LogP contribution in [0.1, 0.15) is 0 Å². The van der Waals surface area contributed by atoms with Gasteiger partial charge in [-0.25, -0.2) is 0 Å². The Balaban J connectivity index is 1.63. The number of epoxide rings is 2. The smallest absolute Gasteiger partial charge is 0.262 e. The molecule has 2 aromatic rings. The Morgan fingerprint density at radius 2 is 1.38 bits per heavy atom. The van der Waals surface area contributed by atoms with E-state index in [4.69, 9.17) is 23.5 Å². The first-order valence-corrected chi connectivity index (χ1v) is 10.3. The van der Waals surface area contributed by atoms with Crippen molar-refractivity contribution in [1.82, 2.24) is 0 Å². The first-order chi connectivity index (χ1) is 12.7. The lowest BCUT2D eigenvalue weighted by Crippen LogP contribution is -2.12. The van der Waals surface area contributed by atoms with E-state index in [0.29, 0.717) is 35.3 Å². The van der Waals surface area contributed by atoms with Crippen LogP contribution in [0.15, 0.2) is 36.4 Å². The minimum atomic E-state index is -3.17. The summed E-state index contributed by atoms with van der Waals surface area (Å²) in [4.78, 5) is 0. The van der Waals surface area contributed by atoms with Crippen molar-refractivity contribution in [3.8, 4) is 22.6 Å². The SMILES string of the molecule is COP1(=O)c2cccc(OCC3CO3)c2-c2c(OCC3CO3)cccc21. The summed E-state index contributed by atoms with van der Waals surface area (Å²) in [7, 11) is -1.69. The maximum atomic E-state index is 13.6. The third-order valence-corrected chi connectivity index (χ3v) is 7.33. The third-order valence-electron chi connectivity index (χ3n) is 4.80. The van der Waals surface area contributed by atoms with Gasteiger partial charge in [0.05, 0.1) is 23.8 Å². The largest absolute Gasteiger partial charge is 0.490 e. The monoisotopic (exact) mass is 374 g/mol. The summed E-state index contributed by atoms with van der Waals surface area (Å²) in [6.45, 7) is 2.39. The van der Waals surface area contributed by atoms with Crippen molar-refractivity contribution in [2.24, 2.45) is 0 Å². The summed E-state index contributed by atoms with van der Waals surface area (Å²) in [6, 6.07) is 11.1. The van der Waals surface area contributed by atoms with Gasteiger partial charge in [-0.2, -0.15) is 0 Å². The minimum Gasteiger partial charge on any atom is -0.490 e. The molecule has 0 aliphatic carbocycles. The van der Waals surface area contributed by atoms with Gasteiger partial charge in [0.2, 0.25) is 0 Å². The zero-order valence-electron chi connectivity index (χ0n) is 14.3. The lowest BCUT2D eigenvalue weighted by Gasteiger charge is -2.13. The zero-order chi connectivity index (χ0) is 17.7. The predicted molar refractivity (Wildman–Crippen MR) is 96.2 cm³/mol. The molecule has 0 N–H and O–H groups in total. The highest BCUT2D eigenvalue weighted by atomic mass is 31.2. The van der Waals surface area contributed by atoms with Gasteiger partial charge < -0.3 is 23.5 Å². The summed E-state index contributed by atoms with van der Waals surface area (Å²) in [5.74, 6) is 1.35. The van der Waals surface area contributed by atoms with Gasteiger partial charge in [-0.05, 0) is 24.3 Å². The topological polar surface area (TPSA) is 69.8 Å². The lowest BCUT2D eigenvalue weighted by molar-refractivity contribution is 0.261. The zero-order valence-corrected chi connectivity index (χ0v) is 15.2. The van der Waals surface area contributed by atoms with Crippen molar-refractivity contribution < 1.29 is 28.0 Å². The number of fused-ring (bicyclic) bond motifs is 3. The van der Waals surface area contributed by atoms with E-state index in [1.807, 2.05) is 36.4 Å². The number of rotatable bonds is 7. The molecule has 0 radical (unpaired) electrons. The van der Waals surface area contributed by atoms with Crippen molar-refractivity contribution in [2.45, 2.75) is 12.2 Å². The molecule has 26 heavy (non-hydrogen) atoms. The van der Waals surface area contributed by atoms with E-state index in [-0.39, 0.29) is 12.2 Å². The lowest BCUT2D eigenvalue weighted by atomic mass is 10.0. The molecule has 2 unspecified atom stereocenters. The molecular formula is C19H19O6P. The molecule has 7 heteroatoms. The molecule has 0 aromatic heterocycles. The van der Waals surface area contributed by atoms with Gasteiger partial charge in [0.25, 0.3) is 7.37 Å². The standard InChI is InChI=1S/C19H19O6P/c1-21-26(20)16-6-2-4-14(24-10-12-8-22-12)18(16)19-15(5-3-7-17(19)26)25-11-13-9-23-13/h2-7,12-13H,8-11H2,1H3. The van der Waals surface area contributed by atoms with Gasteiger partial charge in [-0.1, -0.05) is 12.1 Å². The van der Waals surface area contributed by atoms with Crippen molar-refractivity contribution in [1.29, 1.82) is 0 Å². The molecule has 136 valence electrons. The highest BCUT2D eigenvalue weighted by Crippen LogP contribution is 2.57. The van der Waals surface area contributed by atoms with Crippen LogP contribution in [-0.2, 0) is 18.6 Å². The van der Waals surface area contributed by atoms with E-state index in [1.165, 1.54) is 7.11 Å². The van der Waals surface area contributed by atoms with Crippen molar-refractivity contribution in [3.05, 3.63) is 36.4 Å². The maximum Gasteiger partial charge on any atom is 0.262 e. The van der Waals surface area contributed by atoms with E-state index in [0.717, 1.165) is 24.3 Å². The van der Waals surface area contributed by atoms with Crippen LogP contribution in [0.25, 0.3) is 11.1 Å². The molecule has 6 nitrogen and oxygen atoms in total. The number of ether oxygens (including phenoxy) is 4. The molecule has 3 aliphatic heterocycles. The van der Waals surface area contributed by atoms with Crippen LogP contribution < -0.4 is 20.1 Å². The van der Waals surface area contributed by atoms with Crippen LogP contribution in [0.2, 0.25) is 0 Å². The fourth-order valence-corrected chi connectivity index (χ4v) is 5.54. The molecule has 0 saturated carbocycles. The van der Waals surface area contributed by atoms with E-state index in [9.17, 15) is 4.57 Å². The fourth-order valence-electron chi connectivity index (χ4n) is 3.29. The fraction of sp³-hybridized carbons (Fsp3) is 0.368. The quantitative estimate of drug-likeness (QED) is 0.546. The second kappa shape index (κ2) is 6.10. The highest BCUT2D eigenvalue weighted by molar-refractivity contribution is 7.75. The Hall–Kier alpha value is -1.85. The number of hydrogen-bond donors (Lipinski definition) is 0. The van der Waals surface area contributed by atoms with Crippen LogP contribution in [0.4, 0.5) is 0 Å². The maximum absolute atomic E-state index is 13.6. The van der Waals surface area contributed by atoms with E-state index < -0.39 is 7.37 Å². The highest BCUT2D eigenvalue weighted by Gasteiger charge is 2.43. The van der Waals surface area contributed by atoms with Gasteiger partial charge in [-0.3, -0.25) is 4.57 Å². The molecule has 3 heterocycles. The third kappa shape index (κ3) is 2.65. The average molecular weight is 374 g/mol. The predicted octanol–water partition coefficient (Wildman–Crippen LogP) is 2.10. The number of benzene rings is 2. The average Bonchev–Trinajstić information content (AvgIpc) is 3.58. The van der Waals surface area contributed by atoms with Gasteiger partial charge in [0.1, 0.15) is 36.9 Å². The Kier molecular flexibility index (Phi) is 3.83. The van der Waals surface area contributed by atoms with Crippen molar-refractivity contribution in [2.75, 3.05) is 33.5 Å². The molecule has 3 aliphatic rings. The van der Waals surface area contributed by atoms with Gasteiger partial charge in [-0.15, -0.1) is 0 Å². The molecule has 0 amide bonds. The Morgan fingerprint density at radius 1 is 0.923 bits per heavy atom. The number of hydrogen-bond acceptors (Lipinski definition) is 6. The van der Waals surface area contributed by atoms with Crippen molar-refractivity contribution >= 4 is 18.0 Å². The molecule has 0 spiro atoms. The van der Waals surface area contributed by atoms with Crippen LogP contribution >= 0.6 is 7.37 Å². The molecular weight excluding hydrogens is 355 g/mol. The first-order valence-electron chi connectivity index (χ1n) is 8.63.